The number of aromatic hydroxyl groups is 1. The van der Waals surface area contributed by atoms with Gasteiger partial charge in [0.2, 0.25) is 11.6 Å². The minimum Gasteiger partial charge on any atom is -0.507 e. The summed E-state index contributed by atoms with van der Waals surface area (Å²) in [5.41, 5.74) is 10.3. The quantitative estimate of drug-likeness (QED) is 0.164. The van der Waals surface area contributed by atoms with Crippen molar-refractivity contribution < 1.29 is 24.8 Å². The van der Waals surface area contributed by atoms with Gasteiger partial charge in [-0.3, -0.25) is 25.7 Å². The highest BCUT2D eigenvalue weighted by molar-refractivity contribution is 6.26. The van der Waals surface area contributed by atoms with Gasteiger partial charge in [-0.1, -0.05) is 36.4 Å². The number of phenols is 1. The van der Waals surface area contributed by atoms with Crippen LogP contribution in [0.25, 0.3) is 5.57 Å². The van der Waals surface area contributed by atoms with Crippen molar-refractivity contribution in [1.29, 1.82) is 5.41 Å². The van der Waals surface area contributed by atoms with Crippen LogP contribution < -0.4 is 26.1 Å². The van der Waals surface area contributed by atoms with Crippen molar-refractivity contribution in [2.45, 2.75) is 37.7 Å². The number of phenolic OH excluding ortho intramolecular Hbond substituents is 1. The molecule has 2 fully saturated rings. The number of nitrogens with one attached hydrogen (secondary N) is 2. The fourth-order valence-electron chi connectivity index (χ4n) is 5.36. The molecule has 5 rings (SSSR count). The van der Waals surface area contributed by atoms with Gasteiger partial charge in [0.25, 0.3) is 5.91 Å². The molecule has 210 valence electrons. The lowest BCUT2D eigenvalue weighted by Gasteiger charge is -2.34. The average molecular weight is 553 g/mol. The van der Waals surface area contributed by atoms with Crippen LogP contribution in [0.4, 0.5) is 5.69 Å². The van der Waals surface area contributed by atoms with E-state index in [0.29, 0.717) is 34.9 Å². The van der Waals surface area contributed by atoms with Gasteiger partial charge in [0.15, 0.2) is 6.10 Å². The van der Waals surface area contributed by atoms with Gasteiger partial charge < -0.3 is 20.5 Å². The van der Waals surface area contributed by atoms with Crippen LogP contribution in [0.3, 0.4) is 0 Å². The Bertz CT molecular complexity index is 1490. The predicted octanol–water partition coefficient (Wildman–Crippen LogP) is 2.53. The van der Waals surface area contributed by atoms with Crippen LogP contribution in [0, 0.1) is 5.41 Å². The SMILES string of the molecule is N=C(N)/C(=C\C(=[NH2+])c1ccccc1O)c1ccc(C2CCN(c3ccc(OC4CCC(=O)NC4=O)cc3)CC2)cc1. The molecule has 2 aliphatic heterocycles. The number of hydrogen-bond acceptors (Lipinski definition) is 6. The van der Waals surface area contributed by atoms with Crippen LogP contribution in [0.5, 0.6) is 11.5 Å². The molecule has 3 aromatic carbocycles. The van der Waals surface area contributed by atoms with E-state index in [9.17, 15) is 14.7 Å². The number of para-hydroxylation sites is 1. The van der Waals surface area contributed by atoms with E-state index in [2.05, 4.69) is 22.3 Å². The topological polar surface area (TPSA) is 154 Å². The molecule has 0 aliphatic carbocycles. The summed E-state index contributed by atoms with van der Waals surface area (Å²) in [6, 6.07) is 22.7. The van der Waals surface area contributed by atoms with Crippen molar-refractivity contribution in [2.24, 2.45) is 5.73 Å². The molecule has 1 unspecified atom stereocenters. The first-order valence-electron chi connectivity index (χ1n) is 13.7. The Morgan fingerprint density at radius 3 is 2.32 bits per heavy atom. The van der Waals surface area contributed by atoms with Gasteiger partial charge in [0.05, 0.1) is 5.56 Å². The maximum Gasteiger partial charge on any atom is 0.267 e. The van der Waals surface area contributed by atoms with E-state index in [1.807, 2.05) is 36.4 Å². The van der Waals surface area contributed by atoms with Crippen LogP contribution in [0.1, 0.15) is 48.3 Å². The number of allylic oxidation sites excluding steroid dienone is 1. The van der Waals surface area contributed by atoms with Gasteiger partial charge >= 0.3 is 0 Å². The van der Waals surface area contributed by atoms with Crippen LogP contribution >= 0.6 is 0 Å². The third kappa shape index (κ3) is 6.46. The summed E-state index contributed by atoms with van der Waals surface area (Å²) in [5.74, 6) is 0.353. The van der Waals surface area contributed by atoms with Crippen LogP contribution in [0.15, 0.2) is 78.9 Å². The highest BCUT2D eigenvalue weighted by Crippen LogP contribution is 2.32. The van der Waals surface area contributed by atoms with Gasteiger partial charge in [-0.25, -0.2) is 0 Å². The first kappa shape index (κ1) is 27.6. The number of nitrogens with zero attached hydrogens (tertiary/aromatic N) is 1. The van der Waals surface area contributed by atoms with Crippen molar-refractivity contribution in [2.75, 3.05) is 18.0 Å². The van der Waals surface area contributed by atoms with Crippen molar-refractivity contribution in [3.63, 3.8) is 0 Å². The zero-order chi connectivity index (χ0) is 28.9. The monoisotopic (exact) mass is 552 g/mol. The van der Waals surface area contributed by atoms with E-state index in [4.69, 9.17) is 21.3 Å². The molecule has 0 saturated carbocycles. The molecule has 0 spiro atoms. The number of amidine groups is 1. The molecule has 2 aliphatic rings. The largest absolute Gasteiger partial charge is 0.507 e. The minimum absolute atomic E-state index is 0.0716. The summed E-state index contributed by atoms with van der Waals surface area (Å²) < 4.78 is 5.80. The zero-order valence-corrected chi connectivity index (χ0v) is 22.7. The Kier molecular flexibility index (Phi) is 8.14. The van der Waals surface area contributed by atoms with Gasteiger partial charge in [0, 0.05) is 43.3 Å². The molecule has 3 aromatic rings. The number of amides is 2. The molecule has 9 nitrogen and oxygen atoms in total. The second-order valence-corrected chi connectivity index (χ2v) is 10.4. The summed E-state index contributed by atoms with van der Waals surface area (Å²) in [4.78, 5) is 25.6. The highest BCUT2D eigenvalue weighted by atomic mass is 16.5. The number of piperidine rings is 2. The molecule has 0 aromatic heterocycles. The number of benzene rings is 3. The molecule has 9 heteroatoms. The summed E-state index contributed by atoms with van der Waals surface area (Å²) in [5, 5.41) is 26.7. The number of rotatable bonds is 8. The summed E-state index contributed by atoms with van der Waals surface area (Å²) in [7, 11) is 0. The van der Waals surface area contributed by atoms with Crippen molar-refractivity contribution in [3.05, 3.63) is 95.6 Å². The second-order valence-electron chi connectivity index (χ2n) is 10.4. The molecule has 0 radical (unpaired) electrons. The second kappa shape index (κ2) is 12.1. The molecule has 2 amide bonds. The number of hydrogen-bond donors (Lipinski definition) is 5. The van der Waals surface area contributed by atoms with E-state index in [1.54, 1.807) is 30.3 Å². The Morgan fingerprint density at radius 1 is 1.00 bits per heavy atom. The van der Waals surface area contributed by atoms with Crippen molar-refractivity contribution in [1.82, 2.24) is 5.32 Å². The van der Waals surface area contributed by atoms with Crippen LogP contribution in [-0.2, 0) is 9.59 Å². The Labute approximate surface area is 238 Å². The third-order valence-corrected chi connectivity index (χ3v) is 7.66. The number of imide groups is 1. The van der Waals surface area contributed by atoms with E-state index in [-0.39, 0.29) is 29.8 Å². The van der Waals surface area contributed by atoms with Crippen LogP contribution in [0.2, 0.25) is 0 Å². The molecule has 0 bridgehead atoms. The van der Waals surface area contributed by atoms with Gasteiger partial charge in [0.1, 0.15) is 17.3 Å². The number of anilines is 1. The maximum absolute atomic E-state index is 12.0. The fraction of sp³-hybridized carbons (Fsp3) is 0.250. The highest BCUT2D eigenvalue weighted by Gasteiger charge is 2.28. The lowest BCUT2D eigenvalue weighted by molar-refractivity contribution is -0.138. The van der Waals surface area contributed by atoms with Gasteiger partial charge in [-0.2, -0.15) is 0 Å². The molecule has 41 heavy (non-hydrogen) atoms. The normalized spacial score (nSPS) is 18.1. The van der Waals surface area contributed by atoms with E-state index >= 15 is 0 Å². The number of nitrogens with two attached hydrogens (primary N) is 2. The summed E-state index contributed by atoms with van der Waals surface area (Å²) in [6.07, 6.45) is 3.65. The van der Waals surface area contributed by atoms with Crippen molar-refractivity contribution in [3.8, 4) is 11.5 Å². The third-order valence-electron chi connectivity index (χ3n) is 7.66. The smallest absolute Gasteiger partial charge is 0.267 e. The Hall–Kier alpha value is -4.92. The van der Waals surface area contributed by atoms with Gasteiger partial charge in [-0.15, -0.1) is 0 Å². The van der Waals surface area contributed by atoms with E-state index < -0.39 is 6.10 Å². The van der Waals surface area contributed by atoms with E-state index in [1.165, 1.54) is 5.56 Å². The zero-order valence-electron chi connectivity index (χ0n) is 22.7. The molecular formula is C32H34N5O4+. The number of ether oxygens (including phenoxy) is 1. The standard InChI is InChI=1S/C32H33N5O4/c33-27(25-3-1-2-4-28(25)38)19-26(31(34)35)22-7-5-20(6-8-22)21-15-17-37(18-16-21)23-9-11-24(12-10-23)41-29-13-14-30(39)36-32(29)40/h1-12,19,21,29,33,38H,13-18H2,(H3,34,35)(H,36,39,40)/p+1/b26-19-,33-27?. The molecular weight excluding hydrogens is 518 g/mol. The number of carbonyl (C=O) groups excluding carboxylic acids is 2. The lowest BCUT2D eigenvalue weighted by Crippen LogP contribution is -2.46. The summed E-state index contributed by atoms with van der Waals surface area (Å²) in [6.45, 7) is 1.81. The van der Waals surface area contributed by atoms with Crippen molar-refractivity contribution >= 4 is 34.6 Å². The predicted molar refractivity (Wildman–Crippen MR) is 158 cm³/mol. The Balaban J connectivity index is 1.19. The average Bonchev–Trinajstić information content (AvgIpc) is 2.98. The molecule has 2 heterocycles. The van der Waals surface area contributed by atoms with Gasteiger partial charge in [-0.05, 0) is 66.3 Å². The van der Waals surface area contributed by atoms with Crippen LogP contribution in [-0.4, -0.2) is 47.7 Å². The molecule has 7 N–H and O–H groups in total. The first-order chi connectivity index (χ1) is 19.8. The molecule has 1 atom stereocenters. The van der Waals surface area contributed by atoms with E-state index in [0.717, 1.165) is 37.2 Å². The molecule has 2 saturated heterocycles. The number of carbonyl (C=O) groups is 2. The Morgan fingerprint density at radius 2 is 1.68 bits per heavy atom. The first-order valence-corrected chi connectivity index (χ1v) is 13.7. The lowest BCUT2D eigenvalue weighted by atomic mass is 9.88. The maximum atomic E-state index is 12.0. The summed E-state index contributed by atoms with van der Waals surface area (Å²) >= 11 is 0. The minimum atomic E-state index is -0.643. The fourth-order valence-corrected chi connectivity index (χ4v) is 5.36.